The van der Waals surface area contributed by atoms with Crippen molar-refractivity contribution >= 4 is 5.91 Å². The van der Waals surface area contributed by atoms with Crippen molar-refractivity contribution in [2.75, 3.05) is 7.11 Å². The molecule has 1 aromatic heterocycles. The van der Waals surface area contributed by atoms with Crippen molar-refractivity contribution < 1.29 is 9.53 Å². The minimum Gasteiger partial charge on any atom is -0.481 e. The molecule has 0 saturated heterocycles. The van der Waals surface area contributed by atoms with Crippen LogP contribution in [0.4, 0.5) is 0 Å². The number of carbonyl (C=O) groups excluding carboxylic acids is 1. The topological polar surface area (TPSA) is 51.2 Å². The maximum Gasteiger partial charge on any atom is 0.223 e. The van der Waals surface area contributed by atoms with Gasteiger partial charge in [-0.25, -0.2) is 4.98 Å². The zero-order valence-corrected chi connectivity index (χ0v) is 8.69. The Labute approximate surface area is 88.7 Å². The maximum atomic E-state index is 11.3. The summed E-state index contributed by atoms with van der Waals surface area (Å²) in [4.78, 5) is 15.4. The molecule has 0 unspecified atom stereocenters. The summed E-state index contributed by atoms with van der Waals surface area (Å²) in [6.07, 6.45) is 3.78. The van der Waals surface area contributed by atoms with Crippen LogP contribution in [0.1, 0.15) is 18.4 Å². The fourth-order valence-electron chi connectivity index (χ4n) is 1.32. The number of pyridine rings is 1. The van der Waals surface area contributed by atoms with Gasteiger partial charge in [-0.05, 0) is 18.4 Å². The lowest BCUT2D eigenvalue weighted by molar-refractivity contribution is -0.122. The summed E-state index contributed by atoms with van der Waals surface area (Å²) in [6, 6.07) is 3.69. The number of aromatic nitrogens is 1. The van der Waals surface area contributed by atoms with E-state index < -0.39 is 0 Å². The minimum absolute atomic E-state index is 0.158. The third-order valence-corrected chi connectivity index (χ3v) is 2.42. The van der Waals surface area contributed by atoms with E-state index in [-0.39, 0.29) is 11.8 Å². The molecule has 0 radical (unpaired) electrons. The number of rotatable bonds is 4. The molecule has 1 fully saturated rings. The lowest BCUT2D eigenvalue weighted by Gasteiger charge is -2.04. The highest BCUT2D eigenvalue weighted by atomic mass is 16.5. The fourth-order valence-corrected chi connectivity index (χ4v) is 1.32. The number of ether oxygens (including phenoxy) is 1. The van der Waals surface area contributed by atoms with Crippen LogP contribution in [-0.4, -0.2) is 18.0 Å². The molecule has 4 nitrogen and oxygen atoms in total. The summed E-state index contributed by atoms with van der Waals surface area (Å²) < 4.78 is 4.94. The number of nitrogens with one attached hydrogen (secondary N) is 1. The first-order valence-electron chi connectivity index (χ1n) is 5.06. The van der Waals surface area contributed by atoms with E-state index in [1.807, 2.05) is 6.07 Å². The SMILES string of the molecule is COc1ccc(CNC(=O)C2CC2)cn1. The third-order valence-electron chi connectivity index (χ3n) is 2.42. The van der Waals surface area contributed by atoms with E-state index in [0.717, 1.165) is 18.4 Å². The summed E-state index contributed by atoms with van der Waals surface area (Å²) >= 11 is 0. The number of nitrogens with zero attached hydrogens (tertiary/aromatic N) is 1. The van der Waals surface area contributed by atoms with Crippen molar-refractivity contribution in [3.05, 3.63) is 23.9 Å². The van der Waals surface area contributed by atoms with Gasteiger partial charge in [-0.1, -0.05) is 6.07 Å². The zero-order valence-electron chi connectivity index (χ0n) is 8.69. The molecule has 15 heavy (non-hydrogen) atoms. The van der Waals surface area contributed by atoms with Gasteiger partial charge < -0.3 is 10.1 Å². The van der Waals surface area contributed by atoms with Crippen molar-refractivity contribution in [1.29, 1.82) is 0 Å². The summed E-state index contributed by atoms with van der Waals surface area (Å²) in [5.74, 6) is 1.01. The average molecular weight is 206 g/mol. The third kappa shape index (κ3) is 2.68. The van der Waals surface area contributed by atoms with E-state index >= 15 is 0 Å². The molecule has 0 bridgehead atoms. The molecule has 1 aliphatic carbocycles. The van der Waals surface area contributed by atoms with Crippen molar-refractivity contribution in [1.82, 2.24) is 10.3 Å². The van der Waals surface area contributed by atoms with Gasteiger partial charge in [0.25, 0.3) is 0 Å². The van der Waals surface area contributed by atoms with Gasteiger partial charge in [-0.15, -0.1) is 0 Å². The Morgan fingerprint density at radius 1 is 1.60 bits per heavy atom. The van der Waals surface area contributed by atoms with Crippen LogP contribution in [0, 0.1) is 5.92 Å². The Bertz CT molecular complexity index is 344. The fraction of sp³-hybridized carbons (Fsp3) is 0.455. The van der Waals surface area contributed by atoms with Crippen LogP contribution in [0.25, 0.3) is 0 Å². The summed E-state index contributed by atoms with van der Waals surface area (Å²) in [7, 11) is 1.58. The van der Waals surface area contributed by atoms with E-state index in [0.29, 0.717) is 12.4 Å². The summed E-state index contributed by atoms with van der Waals surface area (Å²) in [6.45, 7) is 0.548. The van der Waals surface area contributed by atoms with E-state index in [1.165, 1.54) is 0 Å². The van der Waals surface area contributed by atoms with Gasteiger partial charge >= 0.3 is 0 Å². The molecule has 80 valence electrons. The largest absolute Gasteiger partial charge is 0.481 e. The molecular formula is C11H14N2O2. The Morgan fingerprint density at radius 2 is 2.40 bits per heavy atom. The predicted octanol–water partition coefficient (Wildman–Crippen LogP) is 1.12. The molecule has 4 heteroatoms. The van der Waals surface area contributed by atoms with Gasteiger partial charge in [-0.2, -0.15) is 0 Å². The second-order valence-corrected chi connectivity index (χ2v) is 3.70. The second-order valence-electron chi connectivity index (χ2n) is 3.70. The van der Waals surface area contributed by atoms with Crippen LogP contribution in [0.3, 0.4) is 0 Å². The van der Waals surface area contributed by atoms with Crippen LogP contribution in [-0.2, 0) is 11.3 Å². The summed E-state index contributed by atoms with van der Waals surface area (Å²) in [5.41, 5.74) is 0.991. The van der Waals surface area contributed by atoms with Crippen molar-refractivity contribution in [3.8, 4) is 5.88 Å². The van der Waals surface area contributed by atoms with Crippen molar-refractivity contribution in [3.63, 3.8) is 0 Å². The average Bonchev–Trinajstić information content (AvgIpc) is 3.10. The van der Waals surface area contributed by atoms with Gasteiger partial charge in [0, 0.05) is 24.7 Å². The van der Waals surface area contributed by atoms with Crippen LogP contribution < -0.4 is 10.1 Å². The molecule has 1 heterocycles. The second kappa shape index (κ2) is 4.29. The zero-order chi connectivity index (χ0) is 10.7. The highest BCUT2D eigenvalue weighted by molar-refractivity contribution is 5.80. The van der Waals surface area contributed by atoms with E-state index in [9.17, 15) is 4.79 Å². The monoisotopic (exact) mass is 206 g/mol. The van der Waals surface area contributed by atoms with Crippen LogP contribution >= 0.6 is 0 Å². The highest BCUT2D eigenvalue weighted by Crippen LogP contribution is 2.28. The lowest BCUT2D eigenvalue weighted by atomic mass is 10.3. The molecule has 1 N–H and O–H groups in total. The Morgan fingerprint density at radius 3 is 2.93 bits per heavy atom. The van der Waals surface area contributed by atoms with E-state index in [2.05, 4.69) is 10.3 Å². The van der Waals surface area contributed by atoms with Gasteiger partial charge in [0.15, 0.2) is 0 Å². The molecular weight excluding hydrogens is 192 g/mol. The molecule has 0 atom stereocenters. The van der Waals surface area contributed by atoms with Gasteiger partial charge in [0.1, 0.15) is 0 Å². The van der Waals surface area contributed by atoms with Crippen LogP contribution in [0.15, 0.2) is 18.3 Å². The quantitative estimate of drug-likeness (QED) is 0.803. The molecule has 1 amide bonds. The molecule has 1 saturated carbocycles. The molecule has 1 aromatic rings. The predicted molar refractivity (Wildman–Crippen MR) is 55.4 cm³/mol. The molecule has 0 aliphatic heterocycles. The minimum atomic E-state index is 0.158. The van der Waals surface area contributed by atoms with Crippen LogP contribution in [0.2, 0.25) is 0 Å². The first-order chi connectivity index (χ1) is 7.29. The number of carbonyl (C=O) groups is 1. The highest BCUT2D eigenvalue weighted by Gasteiger charge is 2.29. The van der Waals surface area contributed by atoms with Crippen LogP contribution in [0.5, 0.6) is 5.88 Å². The smallest absolute Gasteiger partial charge is 0.223 e. The molecule has 0 aromatic carbocycles. The summed E-state index contributed by atoms with van der Waals surface area (Å²) in [5, 5.41) is 2.88. The molecule has 0 spiro atoms. The van der Waals surface area contributed by atoms with Gasteiger partial charge in [-0.3, -0.25) is 4.79 Å². The molecule has 2 rings (SSSR count). The Kier molecular flexibility index (Phi) is 2.85. The number of hydrogen-bond donors (Lipinski definition) is 1. The standard InChI is InChI=1S/C11H14N2O2/c1-15-10-5-2-8(6-12-10)7-13-11(14)9-3-4-9/h2,5-6,9H,3-4,7H2,1H3,(H,13,14). The van der Waals surface area contributed by atoms with Crippen molar-refractivity contribution in [2.45, 2.75) is 19.4 Å². The van der Waals surface area contributed by atoms with Gasteiger partial charge in [0.05, 0.1) is 7.11 Å². The number of methoxy groups -OCH3 is 1. The Hall–Kier alpha value is -1.58. The maximum absolute atomic E-state index is 11.3. The first-order valence-corrected chi connectivity index (χ1v) is 5.06. The van der Waals surface area contributed by atoms with E-state index in [4.69, 9.17) is 4.74 Å². The number of amides is 1. The normalized spacial score (nSPS) is 14.7. The number of hydrogen-bond acceptors (Lipinski definition) is 3. The van der Waals surface area contributed by atoms with Crippen molar-refractivity contribution in [2.24, 2.45) is 5.92 Å². The molecule has 1 aliphatic rings. The lowest BCUT2D eigenvalue weighted by Crippen LogP contribution is -2.24. The Balaban J connectivity index is 1.84. The van der Waals surface area contributed by atoms with E-state index in [1.54, 1.807) is 19.4 Å². The first kappa shape index (κ1) is 9.96. The van der Waals surface area contributed by atoms with Gasteiger partial charge in [0.2, 0.25) is 11.8 Å².